The van der Waals surface area contributed by atoms with Crippen molar-refractivity contribution in [3.63, 3.8) is 0 Å². The normalized spacial score (nSPS) is 11.0. The molecule has 3 rings (SSSR count). The lowest BCUT2D eigenvalue weighted by molar-refractivity contribution is 0.0948. The second-order valence-corrected chi connectivity index (χ2v) is 6.68. The minimum atomic E-state index is -0.146. The van der Waals surface area contributed by atoms with Crippen LogP contribution in [0, 0.1) is 5.92 Å². The highest BCUT2D eigenvalue weighted by molar-refractivity contribution is 6.30. The smallest absolute Gasteiger partial charge is 0.267 e. The summed E-state index contributed by atoms with van der Waals surface area (Å²) in [4.78, 5) is 23.8. The fourth-order valence-electron chi connectivity index (χ4n) is 2.43. The molecule has 0 aliphatic carbocycles. The van der Waals surface area contributed by atoms with Gasteiger partial charge in [0.15, 0.2) is 0 Å². The van der Waals surface area contributed by atoms with Gasteiger partial charge in [-0.25, -0.2) is 9.97 Å². The van der Waals surface area contributed by atoms with E-state index in [1.54, 1.807) is 12.1 Å². The van der Waals surface area contributed by atoms with E-state index in [2.05, 4.69) is 39.4 Å². The number of hydrogen-bond acceptors (Lipinski definition) is 4. The van der Waals surface area contributed by atoms with Gasteiger partial charge in [0, 0.05) is 17.3 Å². The van der Waals surface area contributed by atoms with E-state index in [0.717, 1.165) is 17.5 Å². The van der Waals surface area contributed by atoms with Crippen molar-refractivity contribution in [3.05, 3.63) is 47.4 Å². The number of aromatic amines is 1. The third kappa shape index (κ3) is 4.28. The maximum absolute atomic E-state index is 12.3. The third-order valence-electron chi connectivity index (χ3n) is 3.76. The van der Waals surface area contributed by atoms with Crippen LogP contribution < -0.4 is 10.6 Å². The second-order valence-electron chi connectivity index (χ2n) is 6.24. The first-order valence-electron chi connectivity index (χ1n) is 8.17. The quantitative estimate of drug-likeness (QED) is 0.619. The Hall–Kier alpha value is -2.60. The van der Waals surface area contributed by atoms with E-state index in [4.69, 9.17) is 11.6 Å². The summed E-state index contributed by atoms with van der Waals surface area (Å²) < 4.78 is 0. The monoisotopic (exact) mass is 357 g/mol. The number of benzene rings is 1. The molecule has 1 aromatic carbocycles. The van der Waals surface area contributed by atoms with Gasteiger partial charge in [-0.3, -0.25) is 4.79 Å². The first-order valence-corrected chi connectivity index (χ1v) is 8.55. The predicted molar refractivity (Wildman–Crippen MR) is 100 cm³/mol. The van der Waals surface area contributed by atoms with Crippen LogP contribution in [0.3, 0.4) is 0 Å². The fraction of sp³-hybridized carbons (Fsp3) is 0.278. The van der Waals surface area contributed by atoms with E-state index in [9.17, 15) is 4.79 Å². The fourth-order valence-corrected chi connectivity index (χ4v) is 2.62. The van der Waals surface area contributed by atoms with E-state index < -0.39 is 0 Å². The Labute approximate surface area is 151 Å². The summed E-state index contributed by atoms with van der Waals surface area (Å²) in [6, 6.07) is 9.12. The molecule has 6 nitrogen and oxygen atoms in total. The summed E-state index contributed by atoms with van der Waals surface area (Å²) in [6.45, 7) is 4.89. The minimum absolute atomic E-state index is 0.146. The molecule has 0 saturated heterocycles. The van der Waals surface area contributed by atoms with Gasteiger partial charge < -0.3 is 15.6 Å². The van der Waals surface area contributed by atoms with Gasteiger partial charge in [0.25, 0.3) is 5.91 Å². The van der Waals surface area contributed by atoms with Gasteiger partial charge in [-0.1, -0.05) is 31.5 Å². The highest BCUT2D eigenvalue weighted by Crippen LogP contribution is 2.25. The number of anilines is 2. The molecule has 0 radical (unpaired) electrons. The number of amides is 1. The zero-order chi connectivity index (χ0) is 17.8. The molecule has 0 saturated carbocycles. The number of carbonyl (C=O) groups excluding carboxylic acids is 1. The van der Waals surface area contributed by atoms with E-state index in [1.165, 1.54) is 6.33 Å². The maximum atomic E-state index is 12.3. The molecule has 0 aliphatic heterocycles. The molecule has 2 heterocycles. The molecule has 0 spiro atoms. The van der Waals surface area contributed by atoms with E-state index in [1.807, 2.05) is 18.2 Å². The molecule has 130 valence electrons. The van der Waals surface area contributed by atoms with E-state index in [-0.39, 0.29) is 5.91 Å². The number of nitrogens with one attached hydrogen (secondary N) is 3. The summed E-state index contributed by atoms with van der Waals surface area (Å²) in [5.74, 6) is 1.01. The number of carbonyl (C=O) groups is 1. The van der Waals surface area contributed by atoms with Crippen molar-refractivity contribution in [2.75, 3.05) is 11.9 Å². The molecule has 0 unspecified atom stereocenters. The van der Waals surface area contributed by atoms with Crippen molar-refractivity contribution in [2.45, 2.75) is 20.3 Å². The maximum Gasteiger partial charge on any atom is 0.267 e. The Bertz CT molecular complexity index is 890. The summed E-state index contributed by atoms with van der Waals surface area (Å²) in [6.07, 6.45) is 2.39. The van der Waals surface area contributed by atoms with Gasteiger partial charge in [0.2, 0.25) is 0 Å². The van der Waals surface area contributed by atoms with Crippen molar-refractivity contribution in [2.24, 2.45) is 5.92 Å². The largest absolute Gasteiger partial charge is 0.351 e. The number of H-pyrrole nitrogens is 1. The molecule has 0 bridgehead atoms. The number of hydrogen-bond donors (Lipinski definition) is 3. The van der Waals surface area contributed by atoms with Crippen LogP contribution >= 0.6 is 11.6 Å². The molecular weight excluding hydrogens is 338 g/mol. The van der Waals surface area contributed by atoms with Crippen LogP contribution in [0.15, 0.2) is 36.7 Å². The van der Waals surface area contributed by atoms with Crippen LogP contribution in [0.4, 0.5) is 11.5 Å². The molecule has 2 aromatic heterocycles. The highest BCUT2D eigenvalue weighted by Gasteiger charge is 2.13. The summed E-state index contributed by atoms with van der Waals surface area (Å²) in [5, 5.41) is 7.50. The Morgan fingerprint density at radius 3 is 2.88 bits per heavy atom. The van der Waals surface area contributed by atoms with Crippen molar-refractivity contribution in [1.82, 2.24) is 20.3 Å². The first kappa shape index (κ1) is 17.2. The van der Waals surface area contributed by atoms with Crippen molar-refractivity contribution in [1.29, 1.82) is 0 Å². The first-order chi connectivity index (χ1) is 12.0. The Morgan fingerprint density at radius 1 is 1.28 bits per heavy atom. The molecule has 7 heteroatoms. The highest BCUT2D eigenvalue weighted by atomic mass is 35.5. The number of fused-ring (bicyclic) bond motifs is 1. The summed E-state index contributed by atoms with van der Waals surface area (Å²) >= 11 is 6.01. The zero-order valence-corrected chi connectivity index (χ0v) is 14.9. The van der Waals surface area contributed by atoms with Gasteiger partial charge in [-0.2, -0.15) is 0 Å². The standard InChI is InChI=1S/C18H20ClN5O/c1-11(2)6-7-20-18(25)15-9-14-16(21-10-22-17(14)24-15)23-13-5-3-4-12(19)8-13/h3-5,8-11H,6-7H2,1-2H3,(H,20,25)(H2,21,22,23,24). The molecule has 25 heavy (non-hydrogen) atoms. The Kier molecular flexibility index (Phi) is 5.19. The van der Waals surface area contributed by atoms with Gasteiger partial charge in [-0.05, 0) is 36.6 Å². The number of nitrogens with zero attached hydrogens (tertiary/aromatic N) is 2. The number of aromatic nitrogens is 3. The molecular formula is C18H20ClN5O. The van der Waals surface area contributed by atoms with Crippen molar-refractivity contribution < 1.29 is 4.79 Å². The number of halogens is 1. The summed E-state index contributed by atoms with van der Waals surface area (Å²) in [5.41, 5.74) is 1.89. The third-order valence-corrected chi connectivity index (χ3v) is 4.00. The van der Waals surface area contributed by atoms with Crippen LogP contribution in [-0.2, 0) is 0 Å². The van der Waals surface area contributed by atoms with Gasteiger partial charge in [-0.15, -0.1) is 0 Å². The lowest BCUT2D eigenvalue weighted by Gasteiger charge is -2.06. The molecule has 1 amide bonds. The minimum Gasteiger partial charge on any atom is -0.351 e. The zero-order valence-electron chi connectivity index (χ0n) is 14.1. The Morgan fingerprint density at radius 2 is 2.12 bits per heavy atom. The topological polar surface area (TPSA) is 82.7 Å². The molecule has 0 aliphatic rings. The number of rotatable bonds is 6. The molecule has 0 fully saturated rings. The molecule has 3 N–H and O–H groups in total. The predicted octanol–water partition coefficient (Wildman–Crippen LogP) is 4.13. The van der Waals surface area contributed by atoms with Crippen LogP contribution in [-0.4, -0.2) is 27.4 Å². The van der Waals surface area contributed by atoms with Crippen molar-refractivity contribution >= 4 is 40.0 Å². The molecule has 3 aromatic rings. The van der Waals surface area contributed by atoms with Crippen LogP contribution in [0.2, 0.25) is 5.02 Å². The van der Waals surface area contributed by atoms with Gasteiger partial charge in [0.1, 0.15) is 23.5 Å². The molecule has 0 atom stereocenters. The van der Waals surface area contributed by atoms with E-state index in [0.29, 0.717) is 34.6 Å². The Balaban J connectivity index is 1.82. The lowest BCUT2D eigenvalue weighted by Crippen LogP contribution is -2.25. The van der Waals surface area contributed by atoms with Crippen LogP contribution in [0.5, 0.6) is 0 Å². The van der Waals surface area contributed by atoms with E-state index >= 15 is 0 Å². The average molecular weight is 358 g/mol. The SMILES string of the molecule is CC(C)CCNC(=O)c1cc2c(Nc3cccc(Cl)c3)ncnc2[nH]1. The summed E-state index contributed by atoms with van der Waals surface area (Å²) in [7, 11) is 0. The van der Waals surface area contributed by atoms with Gasteiger partial charge >= 0.3 is 0 Å². The average Bonchev–Trinajstić information content (AvgIpc) is 3.00. The van der Waals surface area contributed by atoms with Crippen LogP contribution in [0.25, 0.3) is 11.0 Å². The lowest BCUT2D eigenvalue weighted by atomic mass is 10.1. The van der Waals surface area contributed by atoms with Gasteiger partial charge in [0.05, 0.1) is 5.39 Å². The second kappa shape index (κ2) is 7.53. The van der Waals surface area contributed by atoms with Crippen LogP contribution in [0.1, 0.15) is 30.8 Å². The van der Waals surface area contributed by atoms with Crippen molar-refractivity contribution in [3.8, 4) is 0 Å².